The molecule has 0 bridgehead atoms. The van der Waals surface area contributed by atoms with Crippen molar-refractivity contribution in [3.8, 4) is 17.2 Å². The second-order valence-electron chi connectivity index (χ2n) is 3.71. The predicted molar refractivity (Wildman–Crippen MR) is 69.1 cm³/mol. The van der Waals surface area contributed by atoms with Crippen LogP contribution in [0.1, 0.15) is 18.2 Å². The summed E-state index contributed by atoms with van der Waals surface area (Å²) in [6.07, 6.45) is 5.12. The molecule has 0 amide bonds. The molecule has 0 radical (unpaired) electrons. The molecule has 0 aliphatic rings. The molecule has 0 fully saturated rings. The van der Waals surface area contributed by atoms with Gasteiger partial charge in [-0.1, -0.05) is 24.3 Å². The molecule has 0 atom stereocenters. The lowest BCUT2D eigenvalue weighted by molar-refractivity contribution is 0.631. The van der Waals surface area contributed by atoms with Crippen LogP contribution in [-0.4, -0.2) is 4.98 Å². The lowest BCUT2D eigenvalue weighted by Gasteiger charge is -2.07. The first-order valence-corrected chi connectivity index (χ1v) is 5.54. The monoisotopic (exact) mass is 238 g/mol. The highest BCUT2D eigenvalue weighted by Crippen LogP contribution is 2.27. The maximum absolute atomic E-state index is 13.8. The van der Waals surface area contributed by atoms with Crippen LogP contribution in [0, 0.1) is 17.1 Å². The van der Waals surface area contributed by atoms with Crippen molar-refractivity contribution in [2.24, 2.45) is 0 Å². The van der Waals surface area contributed by atoms with Crippen molar-refractivity contribution in [2.45, 2.75) is 6.92 Å². The molecule has 2 nitrogen and oxygen atoms in total. The van der Waals surface area contributed by atoms with Crippen LogP contribution in [0.4, 0.5) is 4.39 Å². The summed E-state index contributed by atoms with van der Waals surface area (Å²) in [6, 6.07) is 10.2. The van der Waals surface area contributed by atoms with Gasteiger partial charge in [0, 0.05) is 17.3 Å². The Morgan fingerprint density at radius 3 is 2.67 bits per heavy atom. The van der Waals surface area contributed by atoms with Gasteiger partial charge >= 0.3 is 0 Å². The van der Waals surface area contributed by atoms with Crippen LogP contribution in [-0.2, 0) is 0 Å². The average molecular weight is 238 g/mol. The first-order chi connectivity index (χ1) is 8.77. The van der Waals surface area contributed by atoms with E-state index in [0.29, 0.717) is 22.4 Å². The molecule has 2 rings (SSSR count). The third-order valence-electron chi connectivity index (χ3n) is 2.58. The summed E-state index contributed by atoms with van der Waals surface area (Å²) in [5, 5.41) is 9.23. The van der Waals surface area contributed by atoms with E-state index in [1.807, 2.05) is 6.92 Å². The highest BCUT2D eigenvalue weighted by molar-refractivity contribution is 5.74. The number of nitrogens with zero attached hydrogens (tertiary/aromatic N) is 2. The van der Waals surface area contributed by atoms with Crippen molar-refractivity contribution >= 4 is 6.08 Å². The Morgan fingerprint density at radius 1 is 1.22 bits per heavy atom. The van der Waals surface area contributed by atoms with Gasteiger partial charge in [-0.25, -0.2) is 4.39 Å². The Balaban J connectivity index is 2.70. The molecule has 1 heterocycles. The van der Waals surface area contributed by atoms with Crippen molar-refractivity contribution in [1.29, 1.82) is 5.26 Å². The van der Waals surface area contributed by atoms with Gasteiger partial charge in [-0.05, 0) is 25.1 Å². The molecule has 1 aromatic carbocycles. The second-order valence-corrected chi connectivity index (χ2v) is 3.71. The van der Waals surface area contributed by atoms with E-state index in [9.17, 15) is 9.65 Å². The summed E-state index contributed by atoms with van der Waals surface area (Å²) in [7, 11) is 0. The van der Waals surface area contributed by atoms with Gasteiger partial charge in [-0.2, -0.15) is 5.26 Å². The van der Waals surface area contributed by atoms with Gasteiger partial charge in [-0.3, -0.25) is 4.98 Å². The first-order valence-electron chi connectivity index (χ1n) is 5.54. The molecular weight excluding hydrogens is 227 g/mol. The molecule has 88 valence electrons. The quantitative estimate of drug-likeness (QED) is 0.798. The molecule has 0 saturated carbocycles. The Kier molecular flexibility index (Phi) is 3.49. The molecule has 0 unspecified atom stereocenters. The van der Waals surface area contributed by atoms with Crippen LogP contribution in [0.3, 0.4) is 0 Å². The van der Waals surface area contributed by atoms with E-state index < -0.39 is 0 Å². The third-order valence-corrected chi connectivity index (χ3v) is 2.58. The van der Waals surface area contributed by atoms with E-state index >= 15 is 0 Å². The molecule has 0 N–H and O–H groups in total. The van der Waals surface area contributed by atoms with Crippen LogP contribution in [0.5, 0.6) is 0 Å². The maximum atomic E-state index is 13.8. The van der Waals surface area contributed by atoms with Gasteiger partial charge < -0.3 is 0 Å². The van der Waals surface area contributed by atoms with E-state index in [-0.39, 0.29) is 5.82 Å². The van der Waals surface area contributed by atoms with Gasteiger partial charge in [-0.15, -0.1) is 0 Å². The minimum absolute atomic E-state index is 0.341. The fourth-order valence-corrected chi connectivity index (χ4v) is 1.78. The summed E-state index contributed by atoms with van der Waals surface area (Å²) >= 11 is 0. The number of hydrogen-bond donors (Lipinski definition) is 0. The average Bonchev–Trinajstić information content (AvgIpc) is 2.39. The fourth-order valence-electron chi connectivity index (χ4n) is 1.78. The molecule has 3 heteroatoms. The lowest BCUT2D eigenvalue weighted by atomic mass is 9.99. The van der Waals surface area contributed by atoms with E-state index in [1.54, 1.807) is 42.6 Å². The number of allylic oxidation sites excluding steroid dienone is 1. The smallest absolute Gasteiger partial charge is 0.131 e. The summed E-state index contributed by atoms with van der Waals surface area (Å²) in [5.41, 5.74) is 1.93. The molecular formula is C15H11FN2. The summed E-state index contributed by atoms with van der Waals surface area (Å²) < 4.78 is 13.8. The summed E-state index contributed by atoms with van der Waals surface area (Å²) in [6.45, 7) is 1.85. The van der Waals surface area contributed by atoms with Crippen LogP contribution < -0.4 is 0 Å². The minimum atomic E-state index is -0.341. The predicted octanol–water partition coefficient (Wildman–Crippen LogP) is 3.79. The Hall–Kier alpha value is -2.47. The number of aromatic nitrogens is 1. The number of halogens is 1. The standard InChI is InChI=1S/C15H11FN2/c1-2-5-15-13(10-17)11(8-9-18-15)12-6-3-4-7-14(12)16/h2-9H,1H3/b5-2-. The highest BCUT2D eigenvalue weighted by atomic mass is 19.1. The van der Waals surface area contributed by atoms with E-state index in [4.69, 9.17) is 0 Å². The number of rotatable bonds is 2. The first kappa shape index (κ1) is 12.0. The summed E-state index contributed by atoms with van der Waals surface area (Å²) in [5.74, 6) is -0.341. The second kappa shape index (κ2) is 5.24. The maximum Gasteiger partial charge on any atom is 0.131 e. The van der Waals surface area contributed by atoms with E-state index in [0.717, 1.165) is 0 Å². The fraction of sp³-hybridized carbons (Fsp3) is 0.0667. The van der Waals surface area contributed by atoms with Crippen molar-refractivity contribution < 1.29 is 4.39 Å². The van der Waals surface area contributed by atoms with Crippen molar-refractivity contribution in [3.05, 3.63) is 59.7 Å². The Morgan fingerprint density at radius 2 is 2.00 bits per heavy atom. The molecule has 0 aliphatic heterocycles. The lowest BCUT2D eigenvalue weighted by Crippen LogP contribution is -1.93. The number of pyridine rings is 1. The molecule has 0 spiro atoms. The van der Waals surface area contributed by atoms with Crippen LogP contribution >= 0.6 is 0 Å². The van der Waals surface area contributed by atoms with Gasteiger partial charge in [0.2, 0.25) is 0 Å². The van der Waals surface area contributed by atoms with Crippen molar-refractivity contribution in [3.63, 3.8) is 0 Å². The zero-order valence-electron chi connectivity index (χ0n) is 9.89. The molecule has 18 heavy (non-hydrogen) atoms. The van der Waals surface area contributed by atoms with Gasteiger partial charge in [0.15, 0.2) is 0 Å². The SMILES string of the molecule is C/C=C\c1nccc(-c2ccccc2F)c1C#N. The number of benzene rings is 1. The van der Waals surface area contributed by atoms with Crippen molar-refractivity contribution in [1.82, 2.24) is 4.98 Å². The highest BCUT2D eigenvalue weighted by Gasteiger charge is 2.12. The van der Waals surface area contributed by atoms with E-state index in [2.05, 4.69) is 11.1 Å². The van der Waals surface area contributed by atoms with Crippen LogP contribution in [0.15, 0.2) is 42.6 Å². The molecule has 1 aromatic heterocycles. The molecule has 0 aliphatic carbocycles. The van der Waals surface area contributed by atoms with Gasteiger partial charge in [0.1, 0.15) is 11.9 Å². The molecule has 0 saturated heterocycles. The Bertz CT molecular complexity index is 639. The van der Waals surface area contributed by atoms with Crippen LogP contribution in [0.25, 0.3) is 17.2 Å². The largest absolute Gasteiger partial charge is 0.255 e. The van der Waals surface area contributed by atoms with E-state index in [1.165, 1.54) is 6.07 Å². The topological polar surface area (TPSA) is 36.7 Å². The normalized spacial score (nSPS) is 10.5. The minimum Gasteiger partial charge on any atom is -0.255 e. The number of nitriles is 1. The zero-order valence-corrected chi connectivity index (χ0v) is 9.89. The van der Waals surface area contributed by atoms with Crippen molar-refractivity contribution in [2.75, 3.05) is 0 Å². The van der Waals surface area contributed by atoms with Gasteiger partial charge in [0.25, 0.3) is 0 Å². The zero-order chi connectivity index (χ0) is 13.0. The Labute approximate surface area is 105 Å². The summed E-state index contributed by atoms with van der Waals surface area (Å²) in [4.78, 5) is 4.12. The third kappa shape index (κ3) is 2.14. The van der Waals surface area contributed by atoms with Crippen LogP contribution in [0.2, 0.25) is 0 Å². The molecule has 2 aromatic rings. The number of hydrogen-bond acceptors (Lipinski definition) is 2. The van der Waals surface area contributed by atoms with Gasteiger partial charge in [0.05, 0.1) is 11.3 Å².